The average Bonchev–Trinajstić information content (AvgIpc) is 3.05. The number of hydrogen-bond acceptors (Lipinski definition) is 4. The first-order valence-corrected chi connectivity index (χ1v) is 10.6. The quantitative estimate of drug-likeness (QED) is 0.688. The van der Waals surface area contributed by atoms with Crippen LogP contribution in [0.3, 0.4) is 0 Å². The van der Waals surface area contributed by atoms with Crippen LogP contribution < -0.4 is 5.32 Å². The third-order valence-corrected chi connectivity index (χ3v) is 6.25. The van der Waals surface area contributed by atoms with Gasteiger partial charge in [-0.1, -0.05) is 48.0 Å². The molecule has 2 heterocycles. The van der Waals surface area contributed by atoms with Crippen LogP contribution in [0.25, 0.3) is 0 Å². The van der Waals surface area contributed by atoms with Gasteiger partial charge in [0.25, 0.3) is 11.8 Å². The molecule has 0 saturated carbocycles. The number of carbonyl (C=O) groups is 2. The van der Waals surface area contributed by atoms with E-state index in [4.69, 9.17) is 11.6 Å². The number of benzene rings is 2. The van der Waals surface area contributed by atoms with Gasteiger partial charge in [-0.05, 0) is 23.8 Å². The van der Waals surface area contributed by atoms with Crippen molar-refractivity contribution in [2.45, 2.75) is 19.4 Å². The topological polar surface area (TPSA) is 62.3 Å². The molecule has 148 valence electrons. The number of fused-ring (bicyclic) bond motifs is 1. The Kier molecular flexibility index (Phi) is 5.92. The van der Waals surface area contributed by atoms with Crippen molar-refractivity contribution >= 4 is 34.8 Å². The first-order chi connectivity index (χ1) is 14.1. The van der Waals surface area contributed by atoms with Gasteiger partial charge in [-0.2, -0.15) is 0 Å². The lowest BCUT2D eigenvalue weighted by Gasteiger charge is -2.20. The molecule has 1 aliphatic rings. The molecular formula is C22H20ClN3O2S. The summed E-state index contributed by atoms with van der Waals surface area (Å²) in [5, 5.41) is 3.97. The zero-order valence-electron chi connectivity index (χ0n) is 15.7. The number of halogens is 1. The number of nitrogens with zero attached hydrogens (tertiary/aromatic N) is 2. The van der Waals surface area contributed by atoms with Gasteiger partial charge in [-0.3, -0.25) is 9.59 Å². The Balaban J connectivity index is 1.39. The highest BCUT2D eigenvalue weighted by Crippen LogP contribution is 2.24. The summed E-state index contributed by atoms with van der Waals surface area (Å²) in [6.45, 7) is 1.66. The second-order valence-electron chi connectivity index (χ2n) is 6.86. The average molecular weight is 426 g/mol. The molecule has 29 heavy (non-hydrogen) atoms. The Labute approximate surface area is 178 Å². The van der Waals surface area contributed by atoms with Crippen LogP contribution in [0.4, 0.5) is 0 Å². The summed E-state index contributed by atoms with van der Waals surface area (Å²) in [6.07, 6.45) is 1.34. The Morgan fingerprint density at radius 1 is 1.07 bits per heavy atom. The minimum Gasteiger partial charge on any atom is -0.346 e. The summed E-state index contributed by atoms with van der Waals surface area (Å²) in [4.78, 5) is 32.7. The fourth-order valence-electron chi connectivity index (χ4n) is 3.32. The van der Waals surface area contributed by atoms with Gasteiger partial charge in [0.15, 0.2) is 5.01 Å². The number of nitrogens with one attached hydrogen (secondary N) is 1. The number of rotatable bonds is 4. The highest BCUT2D eigenvalue weighted by Gasteiger charge is 2.24. The highest BCUT2D eigenvalue weighted by atomic mass is 35.5. The maximum absolute atomic E-state index is 12.8. The molecule has 1 aromatic heterocycles. The van der Waals surface area contributed by atoms with Gasteiger partial charge in [-0.15, -0.1) is 11.3 Å². The van der Waals surface area contributed by atoms with E-state index in [9.17, 15) is 9.59 Å². The summed E-state index contributed by atoms with van der Waals surface area (Å²) in [7, 11) is 0. The molecule has 5 nitrogen and oxygen atoms in total. The second kappa shape index (κ2) is 8.76. The molecule has 0 radical (unpaired) electrons. The van der Waals surface area contributed by atoms with Crippen LogP contribution in [0.5, 0.6) is 0 Å². The molecule has 0 atom stereocenters. The Bertz CT molecular complexity index is 1010. The molecule has 4 rings (SSSR count). The van der Waals surface area contributed by atoms with E-state index in [0.29, 0.717) is 48.1 Å². The number of aromatic nitrogens is 1. The SMILES string of the molecule is O=C(NCc1ccccc1)c1nc2c(s1)CCN(C(=O)c1cccc(Cl)c1)CC2. The van der Waals surface area contributed by atoms with E-state index in [1.54, 1.807) is 24.3 Å². The van der Waals surface area contributed by atoms with Gasteiger partial charge < -0.3 is 10.2 Å². The monoisotopic (exact) mass is 425 g/mol. The smallest absolute Gasteiger partial charge is 0.280 e. The molecule has 0 spiro atoms. The summed E-state index contributed by atoms with van der Waals surface area (Å²) in [6, 6.07) is 16.8. The van der Waals surface area contributed by atoms with E-state index in [1.807, 2.05) is 35.2 Å². The third-order valence-electron chi connectivity index (χ3n) is 4.85. The van der Waals surface area contributed by atoms with E-state index in [0.717, 1.165) is 16.1 Å². The Morgan fingerprint density at radius 2 is 1.86 bits per heavy atom. The van der Waals surface area contributed by atoms with Crippen molar-refractivity contribution in [2.75, 3.05) is 13.1 Å². The van der Waals surface area contributed by atoms with Gasteiger partial charge in [0.05, 0.1) is 5.69 Å². The van der Waals surface area contributed by atoms with Crippen molar-refractivity contribution in [2.24, 2.45) is 0 Å². The molecular weight excluding hydrogens is 406 g/mol. The second-order valence-corrected chi connectivity index (χ2v) is 8.38. The standard InChI is InChI=1S/C22H20ClN3O2S/c23-17-8-4-7-16(13-17)22(28)26-11-9-18-19(10-12-26)29-21(25-18)20(27)24-14-15-5-2-1-3-6-15/h1-8,13H,9-12,14H2,(H,24,27). The van der Waals surface area contributed by atoms with Crippen LogP contribution in [0.1, 0.15) is 36.3 Å². The first kappa shape index (κ1) is 19.6. The third kappa shape index (κ3) is 4.66. The lowest BCUT2D eigenvalue weighted by molar-refractivity contribution is 0.0762. The Morgan fingerprint density at radius 3 is 2.66 bits per heavy atom. The zero-order valence-corrected chi connectivity index (χ0v) is 17.3. The molecule has 2 amide bonds. The minimum atomic E-state index is -0.154. The van der Waals surface area contributed by atoms with E-state index >= 15 is 0 Å². The molecule has 0 unspecified atom stereocenters. The number of carbonyl (C=O) groups excluding carboxylic acids is 2. The lowest BCUT2D eigenvalue weighted by Crippen LogP contribution is -2.33. The van der Waals surface area contributed by atoms with E-state index < -0.39 is 0 Å². The number of amides is 2. The molecule has 1 aliphatic heterocycles. The predicted molar refractivity (Wildman–Crippen MR) is 114 cm³/mol. The van der Waals surface area contributed by atoms with Crippen LogP contribution in [0.2, 0.25) is 5.02 Å². The normalized spacial score (nSPS) is 13.5. The summed E-state index contributed by atoms with van der Waals surface area (Å²) >= 11 is 7.43. The van der Waals surface area contributed by atoms with Gasteiger partial charge in [0.2, 0.25) is 0 Å². The fraction of sp³-hybridized carbons (Fsp3) is 0.227. The zero-order chi connectivity index (χ0) is 20.2. The molecule has 1 N–H and O–H groups in total. The van der Waals surface area contributed by atoms with Crippen molar-refractivity contribution in [3.8, 4) is 0 Å². The lowest BCUT2D eigenvalue weighted by atomic mass is 10.2. The van der Waals surface area contributed by atoms with Crippen molar-refractivity contribution in [1.29, 1.82) is 0 Å². The van der Waals surface area contributed by atoms with E-state index in [-0.39, 0.29) is 11.8 Å². The molecule has 2 aromatic carbocycles. The van der Waals surface area contributed by atoms with Gasteiger partial charge in [0, 0.05) is 47.9 Å². The molecule has 0 bridgehead atoms. The van der Waals surface area contributed by atoms with Crippen LogP contribution >= 0.6 is 22.9 Å². The summed E-state index contributed by atoms with van der Waals surface area (Å²) in [5.74, 6) is -0.178. The van der Waals surface area contributed by atoms with Gasteiger partial charge in [-0.25, -0.2) is 4.98 Å². The van der Waals surface area contributed by atoms with Crippen molar-refractivity contribution in [3.63, 3.8) is 0 Å². The molecule has 0 aliphatic carbocycles. The molecule has 0 saturated heterocycles. The number of hydrogen-bond donors (Lipinski definition) is 1. The van der Waals surface area contributed by atoms with Crippen LogP contribution in [0, 0.1) is 0 Å². The van der Waals surface area contributed by atoms with Gasteiger partial charge >= 0.3 is 0 Å². The minimum absolute atomic E-state index is 0.0246. The van der Waals surface area contributed by atoms with Gasteiger partial charge in [0.1, 0.15) is 0 Å². The van der Waals surface area contributed by atoms with Crippen LogP contribution in [-0.2, 0) is 19.4 Å². The molecule has 0 fully saturated rings. The van der Waals surface area contributed by atoms with Crippen LogP contribution in [0.15, 0.2) is 54.6 Å². The highest BCUT2D eigenvalue weighted by molar-refractivity contribution is 7.13. The Hall–Kier alpha value is -2.70. The van der Waals surface area contributed by atoms with E-state index in [1.165, 1.54) is 11.3 Å². The van der Waals surface area contributed by atoms with E-state index in [2.05, 4.69) is 10.3 Å². The summed E-state index contributed by atoms with van der Waals surface area (Å²) in [5.41, 5.74) is 2.56. The van der Waals surface area contributed by atoms with Crippen molar-refractivity contribution < 1.29 is 9.59 Å². The van der Waals surface area contributed by atoms with Crippen molar-refractivity contribution in [3.05, 3.63) is 86.3 Å². The first-order valence-electron chi connectivity index (χ1n) is 9.46. The summed E-state index contributed by atoms with van der Waals surface area (Å²) < 4.78 is 0. The maximum atomic E-state index is 12.8. The maximum Gasteiger partial charge on any atom is 0.280 e. The van der Waals surface area contributed by atoms with Crippen LogP contribution in [-0.4, -0.2) is 34.8 Å². The largest absolute Gasteiger partial charge is 0.346 e. The molecule has 7 heteroatoms. The predicted octanol–water partition coefficient (Wildman–Crippen LogP) is 3.97. The molecule has 3 aromatic rings. The number of thiazole rings is 1. The van der Waals surface area contributed by atoms with Crippen molar-refractivity contribution in [1.82, 2.24) is 15.2 Å². The fourth-order valence-corrected chi connectivity index (χ4v) is 4.52.